The molecule has 0 amide bonds. The van der Waals surface area contributed by atoms with Gasteiger partial charge in [0, 0.05) is 57.5 Å². The summed E-state index contributed by atoms with van der Waals surface area (Å²) in [6.45, 7) is -3.26. The number of sulfonamides is 3. The van der Waals surface area contributed by atoms with Crippen LogP contribution < -0.4 is 5.73 Å². The number of nitro groups is 3. The normalized spacial score (nSPS) is 16.5. The van der Waals surface area contributed by atoms with Gasteiger partial charge in [-0.15, -0.1) is 0 Å². The van der Waals surface area contributed by atoms with Crippen LogP contribution in [0.4, 0.5) is 17.1 Å². The number of nitro benzene ring substituents is 3. The number of hydrogen-bond donors (Lipinski definition) is 1. The zero-order valence-corrected chi connectivity index (χ0v) is 28.7. The first kappa shape index (κ1) is 38.4. The maximum Gasteiger partial charge on any atom is 0.289 e. The quantitative estimate of drug-likeness (QED) is 0.205. The fourth-order valence-electron chi connectivity index (χ4n) is 5.54. The van der Waals surface area contributed by atoms with Crippen LogP contribution in [0.2, 0.25) is 0 Å². The van der Waals surface area contributed by atoms with E-state index >= 15 is 0 Å². The molecule has 2 N–H and O–H groups in total. The SMILES string of the molecule is NCCCC1CN(S(=O)(=O)c2ccccc2[N+](=O)[O-])CCN(S(=O)(=O)c2ccccc2[N+](=O)[O-])CCN(S(=O)(=O)c2ccccc2[N+](=O)[O-])C1. The number of benzene rings is 3. The van der Waals surface area contributed by atoms with E-state index in [0.29, 0.717) is 10.7 Å². The van der Waals surface area contributed by atoms with Crippen molar-refractivity contribution in [2.75, 3.05) is 45.8 Å². The van der Waals surface area contributed by atoms with Crippen LogP contribution in [0.15, 0.2) is 87.5 Å². The Bertz CT molecular complexity index is 2000. The summed E-state index contributed by atoms with van der Waals surface area (Å²) in [6, 6.07) is 13.4. The molecule has 0 spiro atoms. The average Bonchev–Trinajstić information content (AvgIpc) is 3.08. The van der Waals surface area contributed by atoms with Crippen molar-refractivity contribution in [3.63, 3.8) is 0 Å². The molecule has 0 atom stereocenters. The molecule has 1 aliphatic heterocycles. The average molecular weight is 756 g/mol. The zero-order valence-electron chi connectivity index (χ0n) is 26.3. The first-order valence-electron chi connectivity index (χ1n) is 14.9. The Morgan fingerprint density at radius 1 is 0.560 bits per heavy atom. The van der Waals surface area contributed by atoms with Gasteiger partial charge in [0.1, 0.15) is 0 Å². The number of nitrogens with two attached hydrogens (primary N) is 1. The van der Waals surface area contributed by atoms with Gasteiger partial charge in [0.05, 0.1) is 14.8 Å². The van der Waals surface area contributed by atoms with E-state index in [1.807, 2.05) is 0 Å². The third-order valence-electron chi connectivity index (χ3n) is 7.98. The summed E-state index contributed by atoms with van der Waals surface area (Å²) in [5.41, 5.74) is 3.42. The van der Waals surface area contributed by atoms with Gasteiger partial charge in [-0.2, -0.15) is 12.9 Å². The van der Waals surface area contributed by atoms with E-state index in [4.69, 9.17) is 5.73 Å². The van der Waals surface area contributed by atoms with Crippen LogP contribution in [0, 0.1) is 36.3 Å². The number of hydrogen-bond acceptors (Lipinski definition) is 13. The van der Waals surface area contributed by atoms with Gasteiger partial charge >= 0.3 is 0 Å². The zero-order chi connectivity index (χ0) is 36.9. The molecular formula is C28H33N7O12S3. The van der Waals surface area contributed by atoms with Crippen molar-refractivity contribution in [2.24, 2.45) is 11.7 Å². The first-order chi connectivity index (χ1) is 23.5. The van der Waals surface area contributed by atoms with Gasteiger partial charge in [0.2, 0.25) is 30.1 Å². The molecule has 270 valence electrons. The molecule has 22 heteroatoms. The largest absolute Gasteiger partial charge is 0.330 e. The summed E-state index contributed by atoms with van der Waals surface area (Å²) in [6.07, 6.45) is 0.447. The van der Waals surface area contributed by atoms with Crippen LogP contribution in [-0.4, -0.2) is 98.8 Å². The van der Waals surface area contributed by atoms with Crippen molar-refractivity contribution >= 4 is 47.1 Å². The third kappa shape index (κ3) is 8.12. The molecule has 0 bridgehead atoms. The monoisotopic (exact) mass is 755 g/mol. The topological polar surface area (TPSA) is 268 Å². The van der Waals surface area contributed by atoms with Crippen LogP contribution in [0.25, 0.3) is 0 Å². The molecule has 1 aliphatic rings. The first-order valence-corrected chi connectivity index (χ1v) is 19.3. The van der Waals surface area contributed by atoms with Crippen molar-refractivity contribution in [1.29, 1.82) is 0 Å². The molecule has 0 aromatic heterocycles. The lowest BCUT2D eigenvalue weighted by molar-refractivity contribution is -0.388. The minimum absolute atomic E-state index is 0.131. The van der Waals surface area contributed by atoms with Gasteiger partial charge in [-0.3, -0.25) is 30.3 Å². The Morgan fingerprint density at radius 3 is 1.18 bits per heavy atom. The van der Waals surface area contributed by atoms with E-state index in [9.17, 15) is 55.6 Å². The van der Waals surface area contributed by atoms with Crippen molar-refractivity contribution in [3.05, 3.63) is 103 Å². The molecule has 1 fully saturated rings. The second kappa shape index (κ2) is 15.6. The summed E-state index contributed by atoms with van der Waals surface area (Å²) < 4.78 is 86.8. The summed E-state index contributed by atoms with van der Waals surface area (Å²) in [5, 5.41) is 35.4. The van der Waals surface area contributed by atoms with E-state index in [0.717, 1.165) is 45.0 Å². The van der Waals surface area contributed by atoms with Crippen LogP contribution in [0.5, 0.6) is 0 Å². The Labute approximate surface area is 287 Å². The molecule has 1 saturated heterocycles. The second-order valence-electron chi connectivity index (χ2n) is 11.1. The fraction of sp³-hybridized carbons (Fsp3) is 0.357. The lowest BCUT2D eigenvalue weighted by atomic mass is 10.0. The Balaban J connectivity index is 1.90. The highest BCUT2D eigenvalue weighted by molar-refractivity contribution is 7.90. The third-order valence-corrected chi connectivity index (χ3v) is 13.7. The molecule has 0 unspecified atom stereocenters. The van der Waals surface area contributed by atoms with Crippen LogP contribution >= 0.6 is 0 Å². The van der Waals surface area contributed by atoms with Crippen molar-refractivity contribution in [3.8, 4) is 0 Å². The molecule has 0 aliphatic carbocycles. The molecule has 1 heterocycles. The summed E-state index contributed by atoms with van der Waals surface area (Å²) in [7, 11) is -14.4. The number of rotatable bonds is 12. The Kier molecular flexibility index (Phi) is 12.0. The molecule has 3 aromatic carbocycles. The van der Waals surface area contributed by atoms with Crippen molar-refractivity contribution in [2.45, 2.75) is 27.5 Å². The smallest absolute Gasteiger partial charge is 0.289 e. The minimum Gasteiger partial charge on any atom is -0.330 e. The lowest BCUT2D eigenvalue weighted by Crippen LogP contribution is -2.50. The molecule has 19 nitrogen and oxygen atoms in total. The van der Waals surface area contributed by atoms with E-state index in [2.05, 4.69) is 0 Å². The predicted molar refractivity (Wildman–Crippen MR) is 177 cm³/mol. The second-order valence-corrected chi connectivity index (χ2v) is 16.8. The van der Waals surface area contributed by atoms with Gasteiger partial charge < -0.3 is 5.73 Å². The maximum absolute atomic E-state index is 14.1. The standard InChI is InChI=1S/C28H33N7O12S3/c29-15-7-8-22-20-31(49(44,45)27-13-5-2-10-24(27)34(38)39)18-16-30(48(42,43)26-12-4-1-9-23(26)33(36)37)17-19-32(21-22)50(46,47)28-14-6-3-11-25(28)35(40)41/h1-6,9-14,22H,7-8,15-21,29H2. The summed E-state index contributed by atoms with van der Waals surface area (Å²) >= 11 is 0. The number of nitrogens with zero attached hydrogens (tertiary/aromatic N) is 6. The van der Waals surface area contributed by atoms with Gasteiger partial charge in [0.25, 0.3) is 17.1 Å². The highest BCUT2D eigenvalue weighted by Gasteiger charge is 2.40. The van der Waals surface area contributed by atoms with E-state index in [1.54, 1.807) is 0 Å². The van der Waals surface area contributed by atoms with Crippen LogP contribution in [0.3, 0.4) is 0 Å². The predicted octanol–water partition coefficient (Wildman–Crippen LogP) is 2.15. The van der Waals surface area contributed by atoms with Crippen molar-refractivity contribution in [1.82, 2.24) is 12.9 Å². The van der Waals surface area contributed by atoms with Crippen LogP contribution in [0.1, 0.15) is 12.8 Å². The minimum atomic E-state index is -4.83. The molecule has 0 radical (unpaired) electrons. The van der Waals surface area contributed by atoms with E-state index in [1.165, 1.54) is 36.4 Å². The molecule has 4 rings (SSSR count). The summed E-state index contributed by atoms with van der Waals surface area (Å²) in [4.78, 5) is 30.6. The van der Waals surface area contributed by atoms with Crippen LogP contribution in [-0.2, 0) is 30.1 Å². The Morgan fingerprint density at radius 2 is 0.860 bits per heavy atom. The molecule has 50 heavy (non-hydrogen) atoms. The molecular weight excluding hydrogens is 723 g/mol. The van der Waals surface area contributed by atoms with Gasteiger partial charge in [-0.25, -0.2) is 25.3 Å². The van der Waals surface area contributed by atoms with Gasteiger partial charge in [-0.1, -0.05) is 36.4 Å². The van der Waals surface area contributed by atoms with Crippen molar-refractivity contribution < 1.29 is 40.0 Å². The van der Waals surface area contributed by atoms with Gasteiger partial charge in [0.15, 0.2) is 14.7 Å². The highest BCUT2D eigenvalue weighted by atomic mass is 32.2. The number of para-hydroxylation sites is 3. The van der Waals surface area contributed by atoms with Gasteiger partial charge in [-0.05, 0) is 43.5 Å². The molecule has 0 saturated carbocycles. The Hall–Kier alpha value is -4.45. The van der Waals surface area contributed by atoms with E-state index in [-0.39, 0.29) is 13.0 Å². The highest BCUT2D eigenvalue weighted by Crippen LogP contribution is 2.32. The lowest BCUT2D eigenvalue weighted by Gasteiger charge is -2.35. The maximum atomic E-state index is 14.1. The molecule has 3 aromatic rings. The fourth-order valence-corrected chi connectivity index (χ4v) is 10.4. The summed E-state index contributed by atoms with van der Waals surface area (Å²) in [5.74, 6) is -0.827. The van der Waals surface area contributed by atoms with E-state index < -0.39 is 122 Å².